The molecule has 0 spiro atoms. The molecular weight excluding hydrogens is 184 g/mol. The molecule has 0 saturated carbocycles. The van der Waals surface area contributed by atoms with Crippen molar-refractivity contribution in [3.63, 3.8) is 0 Å². The van der Waals surface area contributed by atoms with Crippen molar-refractivity contribution in [3.05, 3.63) is 29.6 Å². The first-order valence-corrected chi connectivity index (χ1v) is 5.77. The maximum absolute atomic E-state index is 4.44. The van der Waals surface area contributed by atoms with Gasteiger partial charge in [0.15, 0.2) is 0 Å². The van der Waals surface area contributed by atoms with E-state index in [4.69, 9.17) is 0 Å². The molecule has 0 bridgehead atoms. The lowest BCUT2D eigenvalue weighted by molar-refractivity contribution is 0.416. The second-order valence-corrected chi connectivity index (χ2v) is 4.35. The fourth-order valence-electron chi connectivity index (χ4n) is 1.71. The molecule has 0 aromatic carbocycles. The van der Waals surface area contributed by atoms with Crippen LogP contribution < -0.4 is 5.32 Å². The number of aryl methyl sites for hydroxylation is 1. The molecule has 0 fully saturated rings. The number of aromatic nitrogens is 1. The summed E-state index contributed by atoms with van der Waals surface area (Å²) in [4.78, 5) is 4.44. The van der Waals surface area contributed by atoms with E-state index in [2.05, 4.69) is 37.1 Å². The van der Waals surface area contributed by atoms with Crippen LogP contribution >= 0.6 is 0 Å². The minimum Gasteiger partial charge on any atom is -0.312 e. The molecule has 0 amide bonds. The highest BCUT2D eigenvalue weighted by molar-refractivity contribution is 5.17. The molecule has 1 N–H and O–H groups in total. The van der Waals surface area contributed by atoms with Crippen LogP contribution in [0.2, 0.25) is 0 Å². The summed E-state index contributed by atoms with van der Waals surface area (Å²) in [6.45, 7) is 6.64. The van der Waals surface area contributed by atoms with E-state index in [0.29, 0.717) is 6.04 Å². The molecule has 0 aliphatic carbocycles. The highest BCUT2D eigenvalue weighted by Gasteiger charge is 2.13. The number of nitrogens with zero attached hydrogens (tertiary/aromatic N) is 1. The van der Waals surface area contributed by atoms with Gasteiger partial charge in [0.25, 0.3) is 0 Å². The standard InChI is InChI=1S/C13H22N2/c1-5-10(2)8-12(14-4)13-9-11(3)6-7-15-13/h6-7,9-10,12,14H,5,8H2,1-4H3. The molecule has 2 nitrogen and oxygen atoms in total. The molecule has 1 rings (SSSR count). The molecule has 15 heavy (non-hydrogen) atoms. The van der Waals surface area contributed by atoms with Gasteiger partial charge in [-0.3, -0.25) is 4.98 Å². The SMILES string of the molecule is CCC(C)CC(NC)c1cc(C)ccn1. The quantitative estimate of drug-likeness (QED) is 0.800. The maximum Gasteiger partial charge on any atom is 0.0575 e. The predicted octanol–water partition coefficient (Wildman–Crippen LogP) is 3.09. The molecule has 2 unspecified atom stereocenters. The molecular formula is C13H22N2. The molecule has 0 radical (unpaired) electrons. The Labute approximate surface area is 93.1 Å². The zero-order valence-electron chi connectivity index (χ0n) is 10.2. The summed E-state index contributed by atoms with van der Waals surface area (Å²) in [5.41, 5.74) is 2.45. The van der Waals surface area contributed by atoms with Gasteiger partial charge in [-0.15, -0.1) is 0 Å². The highest BCUT2D eigenvalue weighted by Crippen LogP contribution is 2.21. The Bertz CT molecular complexity index is 296. The molecule has 2 atom stereocenters. The maximum atomic E-state index is 4.44. The van der Waals surface area contributed by atoms with Crippen molar-refractivity contribution in [2.75, 3.05) is 7.05 Å². The number of hydrogen-bond donors (Lipinski definition) is 1. The number of nitrogens with one attached hydrogen (secondary N) is 1. The average Bonchev–Trinajstić information content (AvgIpc) is 2.25. The van der Waals surface area contributed by atoms with Crippen LogP contribution in [-0.2, 0) is 0 Å². The van der Waals surface area contributed by atoms with Crippen molar-refractivity contribution in [1.29, 1.82) is 0 Å². The Balaban J connectivity index is 2.73. The van der Waals surface area contributed by atoms with Gasteiger partial charge in [-0.2, -0.15) is 0 Å². The van der Waals surface area contributed by atoms with E-state index in [1.165, 1.54) is 12.0 Å². The van der Waals surface area contributed by atoms with Gasteiger partial charge in [0, 0.05) is 12.2 Å². The van der Waals surface area contributed by atoms with Gasteiger partial charge in [-0.1, -0.05) is 20.3 Å². The number of pyridine rings is 1. The first kappa shape index (κ1) is 12.2. The van der Waals surface area contributed by atoms with Gasteiger partial charge in [0.1, 0.15) is 0 Å². The van der Waals surface area contributed by atoms with Gasteiger partial charge in [0.05, 0.1) is 5.69 Å². The second kappa shape index (κ2) is 5.86. The minimum atomic E-state index is 0.389. The van der Waals surface area contributed by atoms with Crippen molar-refractivity contribution in [1.82, 2.24) is 10.3 Å². The summed E-state index contributed by atoms with van der Waals surface area (Å²) < 4.78 is 0. The van der Waals surface area contributed by atoms with Crippen LogP contribution in [0.15, 0.2) is 18.3 Å². The van der Waals surface area contributed by atoms with Crippen molar-refractivity contribution >= 4 is 0 Å². The van der Waals surface area contributed by atoms with Crippen LogP contribution in [-0.4, -0.2) is 12.0 Å². The minimum absolute atomic E-state index is 0.389. The summed E-state index contributed by atoms with van der Waals surface area (Å²) in [5.74, 6) is 0.741. The van der Waals surface area contributed by atoms with Crippen molar-refractivity contribution in [2.45, 2.75) is 39.7 Å². The van der Waals surface area contributed by atoms with Crippen LogP contribution in [0.5, 0.6) is 0 Å². The van der Waals surface area contributed by atoms with Crippen LogP contribution in [0.3, 0.4) is 0 Å². The van der Waals surface area contributed by atoms with E-state index in [0.717, 1.165) is 18.0 Å². The fourth-order valence-corrected chi connectivity index (χ4v) is 1.71. The monoisotopic (exact) mass is 206 g/mol. The van der Waals surface area contributed by atoms with Crippen LogP contribution in [0.25, 0.3) is 0 Å². The summed E-state index contributed by atoms with van der Waals surface area (Å²) in [6, 6.07) is 4.60. The summed E-state index contributed by atoms with van der Waals surface area (Å²) in [7, 11) is 2.01. The summed E-state index contributed by atoms with van der Waals surface area (Å²) in [6.07, 6.45) is 4.28. The lowest BCUT2D eigenvalue weighted by Gasteiger charge is -2.19. The van der Waals surface area contributed by atoms with Gasteiger partial charge in [-0.25, -0.2) is 0 Å². The van der Waals surface area contributed by atoms with E-state index in [-0.39, 0.29) is 0 Å². The van der Waals surface area contributed by atoms with Crippen LogP contribution in [0, 0.1) is 12.8 Å². The van der Waals surface area contributed by atoms with E-state index >= 15 is 0 Å². The van der Waals surface area contributed by atoms with Gasteiger partial charge in [0.2, 0.25) is 0 Å². The van der Waals surface area contributed by atoms with Crippen molar-refractivity contribution < 1.29 is 0 Å². The molecule has 1 aromatic rings. The average molecular weight is 206 g/mol. The second-order valence-electron chi connectivity index (χ2n) is 4.35. The Morgan fingerprint density at radius 2 is 2.20 bits per heavy atom. The molecule has 2 heteroatoms. The Morgan fingerprint density at radius 3 is 2.73 bits per heavy atom. The fraction of sp³-hybridized carbons (Fsp3) is 0.615. The third-order valence-corrected chi connectivity index (χ3v) is 2.98. The molecule has 0 saturated heterocycles. The molecule has 84 valence electrons. The Morgan fingerprint density at radius 1 is 1.47 bits per heavy atom. The van der Waals surface area contributed by atoms with Gasteiger partial charge in [-0.05, 0) is 44.0 Å². The molecule has 1 heterocycles. The third kappa shape index (κ3) is 3.63. The highest BCUT2D eigenvalue weighted by atomic mass is 14.9. The first-order valence-electron chi connectivity index (χ1n) is 5.77. The summed E-state index contributed by atoms with van der Waals surface area (Å²) in [5, 5.41) is 3.35. The third-order valence-electron chi connectivity index (χ3n) is 2.98. The van der Waals surface area contributed by atoms with Crippen LogP contribution in [0.1, 0.15) is 44.0 Å². The molecule has 0 aliphatic rings. The normalized spacial score (nSPS) is 14.9. The Hall–Kier alpha value is -0.890. The Kier molecular flexibility index (Phi) is 4.76. The topological polar surface area (TPSA) is 24.9 Å². The lowest BCUT2D eigenvalue weighted by Crippen LogP contribution is -2.20. The van der Waals surface area contributed by atoms with E-state index in [1.54, 1.807) is 0 Å². The lowest BCUT2D eigenvalue weighted by atomic mass is 9.96. The van der Waals surface area contributed by atoms with Gasteiger partial charge < -0.3 is 5.32 Å². The number of rotatable bonds is 5. The van der Waals surface area contributed by atoms with Crippen LogP contribution in [0.4, 0.5) is 0 Å². The summed E-state index contributed by atoms with van der Waals surface area (Å²) >= 11 is 0. The smallest absolute Gasteiger partial charge is 0.0575 e. The molecule has 1 aromatic heterocycles. The van der Waals surface area contributed by atoms with E-state index < -0.39 is 0 Å². The van der Waals surface area contributed by atoms with Crippen molar-refractivity contribution in [3.8, 4) is 0 Å². The molecule has 0 aliphatic heterocycles. The van der Waals surface area contributed by atoms with Crippen molar-refractivity contribution in [2.24, 2.45) is 5.92 Å². The van der Waals surface area contributed by atoms with E-state index in [1.807, 2.05) is 19.3 Å². The van der Waals surface area contributed by atoms with Gasteiger partial charge >= 0.3 is 0 Å². The van der Waals surface area contributed by atoms with E-state index in [9.17, 15) is 0 Å². The largest absolute Gasteiger partial charge is 0.312 e. The zero-order chi connectivity index (χ0) is 11.3. The predicted molar refractivity (Wildman–Crippen MR) is 64.8 cm³/mol. The number of hydrogen-bond acceptors (Lipinski definition) is 2. The first-order chi connectivity index (χ1) is 7.17. The zero-order valence-corrected chi connectivity index (χ0v) is 10.2.